The van der Waals surface area contributed by atoms with Gasteiger partial charge in [-0.3, -0.25) is 4.79 Å². The lowest BCUT2D eigenvalue weighted by molar-refractivity contribution is -0.126. The van der Waals surface area contributed by atoms with E-state index in [9.17, 15) is 4.79 Å². The summed E-state index contributed by atoms with van der Waals surface area (Å²) in [5.41, 5.74) is 0.0748. The molecule has 0 aliphatic heterocycles. The molecule has 4 saturated carbocycles. The maximum atomic E-state index is 12.9. The van der Waals surface area contributed by atoms with Crippen LogP contribution in [0.5, 0.6) is 0 Å². The second kappa shape index (κ2) is 6.45. The number of carbonyl (C=O) groups excluding carboxylic acids is 1. The molecule has 1 aromatic rings. The van der Waals surface area contributed by atoms with Crippen molar-refractivity contribution < 1.29 is 4.79 Å². The fourth-order valence-electron chi connectivity index (χ4n) is 5.63. The van der Waals surface area contributed by atoms with Gasteiger partial charge in [0.2, 0.25) is 5.91 Å². The molecule has 1 amide bonds. The van der Waals surface area contributed by atoms with Crippen molar-refractivity contribution in [2.45, 2.75) is 74.9 Å². The molecule has 1 heterocycles. The largest absolute Gasteiger partial charge is 0.350 e. The predicted molar refractivity (Wildman–Crippen MR) is 99.3 cm³/mol. The van der Waals surface area contributed by atoms with Crippen LogP contribution < -0.4 is 5.32 Å². The molecule has 136 valence electrons. The second-order valence-corrected chi connectivity index (χ2v) is 9.68. The van der Waals surface area contributed by atoms with Crippen molar-refractivity contribution in [3.63, 3.8) is 0 Å². The highest BCUT2D eigenvalue weighted by Gasteiger charge is 2.51. The van der Waals surface area contributed by atoms with Gasteiger partial charge in [0, 0.05) is 12.1 Å². The van der Waals surface area contributed by atoms with Crippen LogP contribution in [0, 0.1) is 24.7 Å². The molecule has 4 bridgehead atoms. The number of nitrogens with one attached hydrogen (secondary N) is 1. The first-order chi connectivity index (χ1) is 12.0. The van der Waals surface area contributed by atoms with E-state index in [1.807, 2.05) is 24.5 Å². The topological polar surface area (TPSA) is 59.8 Å². The van der Waals surface area contributed by atoms with E-state index in [4.69, 9.17) is 0 Å². The average molecular weight is 361 g/mol. The van der Waals surface area contributed by atoms with Crippen LogP contribution in [0.15, 0.2) is 17.8 Å². The van der Waals surface area contributed by atoms with Crippen LogP contribution >= 0.6 is 11.8 Å². The Kier molecular flexibility index (Phi) is 4.42. The molecule has 1 aromatic heterocycles. The molecule has 4 fully saturated rings. The van der Waals surface area contributed by atoms with Crippen molar-refractivity contribution in [1.82, 2.24) is 20.1 Å². The van der Waals surface area contributed by atoms with Gasteiger partial charge >= 0.3 is 0 Å². The molecule has 25 heavy (non-hydrogen) atoms. The van der Waals surface area contributed by atoms with Gasteiger partial charge in [-0.2, -0.15) is 0 Å². The van der Waals surface area contributed by atoms with Crippen molar-refractivity contribution in [2.24, 2.45) is 17.8 Å². The molecule has 5 rings (SSSR count). The van der Waals surface area contributed by atoms with Crippen LogP contribution in [-0.4, -0.2) is 31.5 Å². The Hall–Kier alpha value is -1.30. The average Bonchev–Trinajstić information content (AvgIpc) is 2.86. The van der Waals surface area contributed by atoms with Gasteiger partial charge < -0.3 is 9.88 Å². The minimum Gasteiger partial charge on any atom is -0.350 e. The first kappa shape index (κ1) is 17.1. The first-order valence-corrected chi connectivity index (χ1v) is 10.4. The number of carbonyl (C=O) groups is 1. The SMILES string of the molecule is C=CCn1c(C)nnc1S[C@@H](C)C(=O)NC12CC3CC(CC(C3)C1)C2. The highest BCUT2D eigenvalue weighted by molar-refractivity contribution is 8.00. The maximum absolute atomic E-state index is 12.9. The summed E-state index contributed by atoms with van der Waals surface area (Å²) in [6, 6.07) is 0. The molecular weight excluding hydrogens is 332 g/mol. The molecule has 1 atom stereocenters. The molecule has 0 aromatic carbocycles. The van der Waals surface area contributed by atoms with Crippen LogP contribution in [0.1, 0.15) is 51.3 Å². The van der Waals surface area contributed by atoms with Gasteiger partial charge in [-0.25, -0.2) is 0 Å². The van der Waals surface area contributed by atoms with Gasteiger partial charge in [-0.15, -0.1) is 16.8 Å². The summed E-state index contributed by atoms with van der Waals surface area (Å²) in [5, 5.41) is 12.5. The van der Waals surface area contributed by atoms with E-state index >= 15 is 0 Å². The van der Waals surface area contributed by atoms with Crippen molar-refractivity contribution in [3.05, 3.63) is 18.5 Å². The zero-order chi connectivity index (χ0) is 17.6. The molecule has 4 aliphatic carbocycles. The Balaban J connectivity index is 1.42. The highest BCUT2D eigenvalue weighted by atomic mass is 32.2. The number of nitrogens with zero attached hydrogens (tertiary/aromatic N) is 3. The number of amides is 1. The molecule has 1 N–H and O–H groups in total. The molecule has 4 aliphatic rings. The third kappa shape index (κ3) is 3.25. The minimum atomic E-state index is -0.167. The van der Waals surface area contributed by atoms with Gasteiger partial charge in [-0.1, -0.05) is 17.8 Å². The Morgan fingerprint density at radius 1 is 1.32 bits per heavy atom. The third-order valence-corrected chi connectivity index (χ3v) is 7.37. The monoisotopic (exact) mass is 360 g/mol. The molecule has 6 heteroatoms. The third-order valence-electron chi connectivity index (χ3n) is 6.29. The van der Waals surface area contributed by atoms with Crippen molar-refractivity contribution in [2.75, 3.05) is 0 Å². The summed E-state index contributed by atoms with van der Waals surface area (Å²) in [5.74, 6) is 3.53. The molecular formula is C19H28N4OS. The van der Waals surface area contributed by atoms with E-state index in [0.29, 0.717) is 6.54 Å². The number of aryl methyl sites for hydroxylation is 1. The molecule has 0 unspecified atom stereocenters. The Bertz CT molecular complexity index is 648. The standard InChI is InChI=1S/C19H28N4OS/c1-4-5-23-13(3)21-22-18(23)25-12(2)17(24)20-19-9-14-6-15(10-19)8-16(7-14)11-19/h4,12,14-16H,1,5-11H2,2-3H3,(H,20,24)/t12-,14?,15?,16?,19?/m0/s1. The van der Waals surface area contributed by atoms with Gasteiger partial charge in [0.1, 0.15) is 5.82 Å². The van der Waals surface area contributed by atoms with E-state index in [1.54, 1.807) is 0 Å². The van der Waals surface area contributed by atoms with Crippen LogP contribution in [0.2, 0.25) is 0 Å². The van der Waals surface area contributed by atoms with Gasteiger partial charge in [-0.05, 0) is 70.1 Å². The van der Waals surface area contributed by atoms with Gasteiger partial charge in [0.25, 0.3) is 0 Å². The molecule has 0 spiro atoms. The summed E-state index contributed by atoms with van der Waals surface area (Å²) < 4.78 is 2.01. The Labute approximate surface area is 154 Å². The van der Waals surface area contributed by atoms with Gasteiger partial charge in [0.15, 0.2) is 5.16 Å². The van der Waals surface area contributed by atoms with Crippen molar-refractivity contribution >= 4 is 17.7 Å². The normalized spacial score (nSPS) is 34.1. The summed E-state index contributed by atoms with van der Waals surface area (Å²) in [4.78, 5) is 12.9. The minimum absolute atomic E-state index is 0.0748. The fraction of sp³-hybridized carbons (Fsp3) is 0.737. The van der Waals surface area contributed by atoms with Crippen molar-refractivity contribution in [1.29, 1.82) is 0 Å². The zero-order valence-electron chi connectivity index (χ0n) is 15.2. The van der Waals surface area contributed by atoms with E-state index in [1.165, 1.54) is 50.3 Å². The number of allylic oxidation sites excluding steroid dienone is 1. The van der Waals surface area contributed by atoms with Crippen LogP contribution in [0.3, 0.4) is 0 Å². The first-order valence-electron chi connectivity index (χ1n) is 9.47. The van der Waals surface area contributed by atoms with Crippen LogP contribution in [0.25, 0.3) is 0 Å². The molecule has 5 nitrogen and oxygen atoms in total. The molecule has 0 saturated heterocycles. The lowest BCUT2D eigenvalue weighted by Crippen LogP contribution is -2.60. The number of rotatable bonds is 6. The lowest BCUT2D eigenvalue weighted by Gasteiger charge is -2.57. The summed E-state index contributed by atoms with van der Waals surface area (Å²) >= 11 is 1.50. The quantitative estimate of drug-likeness (QED) is 0.624. The van der Waals surface area contributed by atoms with E-state index in [0.717, 1.165) is 28.7 Å². The van der Waals surface area contributed by atoms with E-state index in [-0.39, 0.29) is 16.7 Å². The van der Waals surface area contributed by atoms with E-state index in [2.05, 4.69) is 22.1 Å². The summed E-state index contributed by atoms with van der Waals surface area (Å²) in [7, 11) is 0. The smallest absolute Gasteiger partial charge is 0.233 e. The number of hydrogen-bond acceptors (Lipinski definition) is 4. The number of aromatic nitrogens is 3. The zero-order valence-corrected chi connectivity index (χ0v) is 16.0. The Morgan fingerprint density at radius 2 is 1.92 bits per heavy atom. The number of hydrogen-bond donors (Lipinski definition) is 1. The second-order valence-electron chi connectivity index (χ2n) is 8.38. The predicted octanol–water partition coefficient (Wildman–Crippen LogP) is 3.34. The fourth-order valence-corrected chi connectivity index (χ4v) is 6.53. The van der Waals surface area contributed by atoms with E-state index < -0.39 is 0 Å². The summed E-state index contributed by atoms with van der Waals surface area (Å²) in [6.45, 7) is 8.37. The lowest BCUT2D eigenvalue weighted by atomic mass is 9.53. The van der Waals surface area contributed by atoms with Gasteiger partial charge in [0.05, 0.1) is 5.25 Å². The Morgan fingerprint density at radius 3 is 2.48 bits per heavy atom. The van der Waals surface area contributed by atoms with Crippen LogP contribution in [0.4, 0.5) is 0 Å². The highest BCUT2D eigenvalue weighted by Crippen LogP contribution is 2.55. The molecule has 0 radical (unpaired) electrons. The van der Waals surface area contributed by atoms with Crippen molar-refractivity contribution in [3.8, 4) is 0 Å². The number of thioether (sulfide) groups is 1. The van der Waals surface area contributed by atoms with Crippen LogP contribution in [-0.2, 0) is 11.3 Å². The summed E-state index contributed by atoms with van der Waals surface area (Å²) in [6.07, 6.45) is 9.58. The maximum Gasteiger partial charge on any atom is 0.233 e.